The van der Waals surface area contributed by atoms with Crippen LogP contribution >= 0.6 is 0 Å². The summed E-state index contributed by atoms with van der Waals surface area (Å²) >= 11 is 0. The van der Waals surface area contributed by atoms with Gasteiger partial charge in [-0.1, -0.05) is 43.3 Å². The number of amides is 2. The number of aryl methyl sites for hydroxylation is 2. The van der Waals surface area contributed by atoms with Gasteiger partial charge in [-0.25, -0.2) is 4.98 Å². The molecule has 8 nitrogen and oxygen atoms in total. The molecule has 4 rings (SSSR count). The van der Waals surface area contributed by atoms with Gasteiger partial charge in [0.25, 0.3) is 0 Å². The Kier molecular flexibility index (Phi) is 6.86. The zero-order chi connectivity index (χ0) is 24.4. The van der Waals surface area contributed by atoms with Crippen LogP contribution in [0.3, 0.4) is 0 Å². The molecular weight excluding hydrogens is 432 g/mol. The van der Waals surface area contributed by atoms with Gasteiger partial charge in [-0.2, -0.15) is 0 Å². The van der Waals surface area contributed by atoms with E-state index >= 15 is 0 Å². The van der Waals surface area contributed by atoms with Gasteiger partial charge < -0.3 is 19.2 Å². The third kappa shape index (κ3) is 4.76. The van der Waals surface area contributed by atoms with Gasteiger partial charge in [0.1, 0.15) is 17.7 Å². The van der Waals surface area contributed by atoms with Gasteiger partial charge in [-0.05, 0) is 45.1 Å². The molecule has 0 spiro atoms. The molecule has 0 aliphatic carbocycles. The number of hydrogen-bond donors (Lipinski definition) is 1. The Morgan fingerprint density at radius 1 is 1.15 bits per heavy atom. The van der Waals surface area contributed by atoms with Crippen molar-refractivity contribution in [1.82, 2.24) is 20.4 Å². The van der Waals surface area contributed by atoms with E-state index in [-0.39, 0.29) is 23.8 Å². The summed E-state index contributed by atoms with van der Waals surface area (Å²) in [5.74, 6) is 0.644. The normalized spacial score (nSPS) is 17.7. The van der Waals surface area contributed by atoms with Crippen LogP contribution in [0.2, 0.25) is 0 Å². The van der Waals surface area contributed by atoms with E-state index < -0.39 is 12.0 Å². The predicted octanol–water partition coefficient (Wildman–Crippen LogP) is 4.55. The molecule has 0 saturated carbocycles. The zero-order valence-electron chi connectivity index (χ0n) is 20.4. The van der Waals surface area contributed by atoms with E-state index in [9.17, 15) is 9.59 Å². The van der Waals surface area contributed by atoms with E-state index in [1.807, 2.05) is 58.9 Å². The number of aromatic nitrogens is 2. The number of likely N-dealkylation sites (tertiary alicyclic amines) is 1. The largest absolute Gasteiger partial charge is 0.443 e. The highest BCUT2D eigenvalue weighted by Crippen LogP contribution is 2.31. The summed E-state index contributed by atoms with van der Waals surface area (Å²) in [4.78, 5) is 32.5. The highest BCUT2D eigenvalue weighted by atomic mass is 16.5. The van der Waals surface area contributed by atoms with Crippen LogP contribution in [0.1, 0.15) is 68.3 Å². The molecule has 1 aliphatic heterocycles. The minimum Gasteiger partial charge on any atom is -0.443 e. The highest BCUT2D eigenvalue weighted by Gasteiger charge is 2.40. The molecule has 3 atom stereocenters. The van der Waals surface area contributed by atoms with Gasteiger partial charge in [0.15, 0.2) is 12.2 Å². The summed E-state index contributed by atoms with van der Waals surface area (Å²) in [6.07, 6.45) is 2.88. The van der Waals surface area contributed by atoms with Gasteiger partial charge in [-0.3, -0.25) is 9.59 Å². The molecule has 1 fully saturated rings. The first kappa shape index (κ1) is 23.7. The number of carbonyl (C=O) groups is 2. The maximum absolute atomic E-state index is 13.5. The topological polar surface area (TPSA) is 101 Å². The summed E-state index contributed by atoms with van der Waals surface area (Å²) in [7, 11) is 0. The Hall–Kier alpha value is -3.42. The summed E-state index contributed by atoms with van der Waals surface area (Å²) in [5.41, 5.74) is 3.48. The fourth-order valence-electron chi connectivity index (χ4n) is 4.64. The lowest BCUT2D eigenvalue weighted by atomic mass is 9.91. The van der Waals surface area contributed by atoms with Crippen molar-refractivity contribution < 1.29 is 18.5 Å². The Balaban J connectivity index is 1.44. The molecule has 8 heteroatoms. The van der Waals surface area contributed by atoms with Crippen LogP contribution in [0.15, 0.2) is 45.7 Å². The molecule has 0 radical (unpaired) electrons. The quantitative estimate of drug-likeness (QED) is 0.550. The smallest absolute Gasteiger partial charge is 0.243 e. The Bertz CT molecular complexity index is 1150. The fraction of sp³-hybridized carbons (Fsp3) is 0.462. The standard InChI is InChI=1S/C26H32N4O4/c1-15(2)23(22-13-16(3)29-34-22)26(32)30-12-6-7-21(30)25(31)28-17(4)19-8-10-20(11-9-19)24-18(5)27-14-33-24/h8-11,13-15,17,21,23H,6-7,12H2,1-5H3,(H,28,31)/t17?,21-,23?/m0/s1. The second kappa shape index (κ2) is 9.83. The lowest BCUT2D eigenvalue weighted by Crippen LogP contribution is -2.48. The second-order valence-corrected chi connectivity index (χ2v) is 9.40. The molecule has 1 N–H and O–H groups in total. The first-order valence-corrected chi connectivity index (χ1v) is 11.8. The highest BCUT2D eigenvalue weighted by molar-refractivity contribution is 5.91. The monoisotopic (exact) mass is 464 g/mol. The summed E-state index contributed by atoms with van der Waals surface area (Å²) in [6.45, 7) is 10.2. The van der Waals surface area contributed by atoms with E-state index in [4.69, 9.17) is 8.94 Å². The van der Waals surface area contributed by atoms with Gasteiger partial charge in [-0.15, -0.1) is 0 Å². The maximum Gasteiger partial charge on any atom is 0.243 e. The van der Waals surface area contributed by atoms with E-state index in [1.54, 1.807) is 11.0 Å². The molecule has 1 saturated heterocycles. The lowest BCUT2D eigenvalue weighted by molar-refractivity contribution is -0.141. The molecule has 180 valence electrons. The molecule has 2 unspecified atom stereocenters. The molecule has 3 heterocycles. The number of carbonyl (C=O) groups excluding carboxylic acids is 2. The fourth-order valence-corrected chi connectivity index (χ4v) is 4.64. The number of nitrogens with zero attached hydrogens (tertiary/aromatic N) is 3. The summed E-state index contributed by atoms with van der Waals surface area (Å²) < 4.78 is 10.9. The minimum absolute atomic E-state index is 0.0228. The third-order valence-electron chi connectivity index (χ3n) is 6.50. The average molecular weight is 465 g/mol. The van der Waals surface area contributed by atoms with E-state index in [1.165, 1.54) is 6.39 Å². The van der Waals surface area contributed by atoms with Gasteiger partial charge in [0, 0.05) is 18.2 Å². The summed E-state index contributed by atoms with van der Waals surface area (Å²) in [6, 6.07) is 8.98. The van der Waals surface area contributed by atoms with Crippen molar-refractivity contribution in [2.45, 2.75) is 65.5 Å². The molecule has 34 heavy (non-hydrogen) atoms. The van der Waals surface area contributed by atoms with Crippen LogP contribution in [0, 0.1) is 19.8 Å². The first-order valence-electron chi connectivity index (χ1n) is 11.8. The van der Waals surface area contributed by atoms with Crippen LogP contribution in [0.5, 0.6) is 0 Å². The molecule has 3 aromatic rings. The summed E-state index contributed by atoms with van der Waals surface area (Å²) in [5, 5.41) is 7.05. The number of rotatable bonds is 7. The van der Waals surface area contributed by atoms with Gasteiger partial charge in [0.2, 0.25) is 11.8 Å². The van der Waals surface area contributed by atoms with Gasteiger partial charge in [0.05, 0.1) is 17.4 Å². The number of oxazole rings is 1. The Morgan fingerprint density at radius 3 is 2.47 bits per heavy atom. The van der Waals surface area contributed by atoms with Crippen molar-refractivity contribution in [3.8, 4) is 11.3 Å². The molecular formula is C26H32N4O4. The van der Waals surface area contributed by atoms with Crippen molar-refractivity contribution in [1.29, 1.82) is 0 Å². The van der Waals surface area contributed by atoms with Crippen LogP contribution in [0.4, 0.5) is 0 Å². The predicted molar refractivity (Wildman–Crippen MR) is 127 cm³/mol. The first-order chi connectivity index (χ1) is 16.3. The van der Waals surface area contributed by atoms with E-state index in [0.717, 1.165) is 34.7 Å². The molecule has 0 bridgehead atoms. The van der Waals surface area contributed by atoms with Crippen molar-refractivity contribution in [3.63, 3.8) is 0 Å². The molecule has 1 aliphatic rings. The Morgan fingerprint density at radius 2 is 1.88 bits per heavy atom. The average Bonchev–Trinajstić information content (AvgIpc) is 3.55. The minimum atomic E-state index is -0.490. The molecule has 2 aromatic heterocycles. The zero-order valence-corrected chi connectivity index (χ0v) is 20.4. The number of benzene rings is 1. The second-order valence-electron chi connectivity index (χ2n) is 9.40. The van der Waals surface area contributed by atoms with E-state index in [0.29, 0.717) is 18.7 Å². The SMILES string of the molecule is Cc1cc(C(C(=O)N2CCC[C@H]2C(=O)NC(C)c2ccc(-c3ocnc3C)cc2)C(C)C)on1. The Labute approximate surface area is 199 Å². The van der Waals surface area contributed by atoms with Crippen molar-refractivity contribution in [2.75, 3.05) is 6.54 Å². The van der Waals surface area contributed by atoms with Crippen molar-refractivity contribution >= 4 is 11.8 Å². The van der Waals surface area contributed by atoms with Crippen LogP contribution in [-0.4, -0.2) is 39.4 Å². The van der Waals surface area contributed by atoms with Crippen LogP contribution < -0.4 is 5.32 Å². The maximum atomic E-state index is 13.5. The van der Waals surface area contributed by atoms with Crippen molar-refractivity contribution in [2.24, 2.45) is 5.92 Å². The molecule has 1 aromatic carbocycles. The third-order valence-corrected chi connectivity index (χ3v) is 6.50. The lowest BCUT2D eigenvalue weighted by Gasteiger charge is -2.29. The van der Waals surface area contributed by atoms with Crippen LogP contribution in [-0.2, 0) is 9.59 Å². The van der Waals surface area contributed by atoms with Crippen molar-refractivity contribution in [3.05, 3.63) is 59.4 Å². The van der Waals surface area contributed by atoms with Crippen LogP contribution in [0.25, 0.3) is 11.3 Å². The number of nitrogens with one attached hydrogen (secondary N) is 1. The molecule has 2 amide bonds. The van der Waals surface area contributed by atoms with Gasteiger partial charge >= 0.3 is 0 Å². The number of hydrogen-bond acceptors (Lipinski definition) is 6. The van der Waals surface area contributed by atoms with E-state index in [2.05, 4.69) is 15.5 Å².